The lowest BCUT2D eigenvalue weighted by Gasteiger charge is -2.35. The molecule has 0 spiro atoms. The fraction of sp³-hybridized carbons (Fsp3) is 0.167. The third kappa shape index (κ3) is 5.00. The number of hydrazine groups is 1. The molecule has 0 aromatic heterocycles. The van der Waals surface area contributed by atoms with E-state index < -0.39 is 52.0 Å². The van der Waals surface area contributed by atoms with Gasteiger partial charge in [0.15, 0.2) is 23.3 Å². The van der Waals surface area contributed by atoms with Gasteiger partial charge in [-0.2, -0.15) is 0 Å². The van der Waals surface area contributed by atoms with Crippen LogP contribution in [0, 0.1) is 29.1 Å². The quantitative estimate of drug-likeness (QED) is 0.219. The molecule has 3 aromatic rings. The summed E-state index contributed by atoms with van der Waals surface area (Å²) >= 11 is 0. The molecule has 0 atom stereocenters. The number of anilines is 2. The lowest BCUT2D eigenvalue weighted by Crippen LogP contribution is -2.56. The molecule has 0 aliphatic carbocycles. The Hall–Kier alpha value is -3.95. The molecule has 0 radical (unpaired) electrons. The Labute approximate surface area is 192 Å². The number of hydrogen-bond donors (Lipinski definition) is 2. The van der Waals surface area contributed by atoms with E-state index in [2.05, 4.69) is 5.32 Å². The maximum atomic E-state index is 14.1. The summed E-state index contributed by atoms with van der Waals surface area (Å²) in [5.41, 5.74) is 0.733. The summed E-state index contributed by atoms with van der Waals surface area (Å²) in [6.07, 6.45) is 0. The Bertz CT molecular complexity index is 1200. The first kappa shape index (κ1) is 24.7. The fourth-order valence-electron chi connectivity index (χ4n) is 3.00. The van der Waals surface area contributed by atoms with Gasteiger partial charge in [0.1, 0.15) is 5.56 Å². The van der Waals surface area contributed by atoms with Gasteiger partial charge in [-0.3, -0.25) is 15.0 Å². The van der Waals surface area contributed by atoms with Crippen molar-refractivity contribution >= 4 is 23.2 Å². The van der Waals surface area contributed by atoms with Crippen molar-refractivity contribution in [2.45, 2.75) is 26.3 Å². The van der Waals surface area contributed by atoms with Gasteiger partial charge in [-0.25, -0.2) is 27.0 Å². The van der Waals surface area contributed by atoms with Crippen LogP contribution in [0.15, 0.2) is 54.6 Å². The second kappa shape index (κ2) is 9.50. The van der Waals surface area contributed by atoms with E-state index in [0.717, 1.165) is 10.7 Å². The minimum Gasteiger partial charge on any atom is -0.356 e. The highest BCUT2D eigenvalue weighted by Gasteiger charge is 2.34. The van der Waals surface area contributed by atoms with Crippen LogP contribution in [0.1, 0.15) is 41.5 Å². The molecule has 2 amide bonds. The van der Waals surface area contributed by atoms with Crippen LogP contribution < -0.4 is 10.7 Å². The van der Waals surface area contributed by atoms with Gasteiger partial charge in [0.2, 0.25) is 5.82 Å². The van der Waals surface area contributed by atoms with Gasteiger partial charge < -0.3 is 5.32 Å². The summed E-state index contributed by atoms with van der Waals surface area (Å²) < 4.78 is 68.5. The van der Waals surface area contributed by atoms with Crippen molar-refractivity contribution in [1.82, 2.24) is 10.4 Å². The van der Waals surface area contributed by atoms with E-state index in [4.69, 9.17) is 0 Å². The van der Waals surface area contributed by atoms with E-state index >= 15 is 0 Å². The molecule has 2 N–H and O–H groups in total. The van der Waals surface area contributed by atoms with Crippen LogP contribution in [0.3, 0.4) is 0 Å². The van der Waals surface area contributed by atoms with Crippen LogP contribution in [0.4, 0.5) is 33.3 Å². The zero-order valence-corrected chi connectivity index (χ0v) is 18.3. The van der Waals surface area contributed by atoms with E-state index in [1.807, 2.05) is 35.8 Å². The van der Waals surface area contributed by atoms with E-state index in [9.17, 15) is 31.5 Å². The summed E-state index contributed by atoms with van der Waals surface area (Å²) in [6, 6.07) is 15.3. The van der Waals surface area contributed by atoms with Gasteiger partial charge in [-0.05, 0) is 57.2 Å². The molecule has 0 unspecified atom stereocenters. The Morgan fingerprint density at radius 3 is 1.68 bits per heavy atom. The van der Waals surface area contributed by atoms with Gasteiger partial charge >= 0.3 is 0 Å². The lowest BCUT2D eigenvalue weighted by atomic mass is 10.1. The molecule has 34 heavy (non-hydrogen) atoms. The van der Waals surface area contributed by atoms with Crippen molar-refractivity contribution in [2.75, 3.05) is 5.32 Å². The standard InChI is InChI=1S/C24H20F5N3O2/c1-24(2,3)32(31-22(33)16-17(25)19(27)21(29)20(28)18(16)26)23(34)13-9-11-15(12-10-13)30-14-7-5-4-6-8-14/h4-12,30H,1-3H3,(H,31,33). The Kier molecular flexibility index (Phi) is 6.90. The summed E-state index contributed by atoms with van der Waals surface area (Å²) in [5, 5.41) is 3.89. The van der Waals surface area contributed by atoms with Crippen molar-refractivity contribution in [3.05, 3.63) is 94.8 Å². The van der Waals surface area contributed by atoms with Crippen LogP contribution in [-0.2, 0) is 0 Å². The second-order valence-electron chi connectivity index (χ2n) is 8.27. The van der Waals surface area contributed by atoms with Crippen LogP contribution >= 0.6 is 0 Å². The van der Waals surface area contributed by atoms with Crippen LogP contribution in [0.25, 0.3) is 0 Å². The average molecular weight is 477 g/mol. The van der Waals surface area contributed by atoms with Crippen molar-refractivity contribution in [2.24, 2.45) is 0 Å². The predicted molar refractivity (Wildman–Crippen MR) is 116 cm³/mol. The summed E-state index contributed by atoms with van der Waals surface area (Å²) in [7, 11) is 0. The van der Waals surface area contributed by atoms with Crippen LogP contribution in [-0.4, -0.2) is 22.4 Å². The monoisotopic (exact) mass is 477 g/mol. The Morgan fingerprint density at radius 1 is 0.706 bits per heavy atom. The lowest BCUT2D eigenvalue weighted by molar-refractivity contribution is 0.0354. The molecule has 0 saturated carbocycles. The number of carbonyl (C=O) groups excluding carboxylic acids is 2. The average Bonchev–Trinajstić information content (AvgIpc) is 2.80. The summed E-state index contributed by atoms with van der Waals surface area (Å²) in [5.74, 6) is -14.0. The van der Waals surface area contributed by atoms with Gasteiger partial charge in [0, 0.05) is 16.9 Å². The predicted octanol–water partition coefficient (Wildman–Crippen LogP) is 5.71. The van der Waals surface area contributed by atoms with Crippen molar-refractivity contribution in [3.8, 4) is 0 Å². The minimum absolute atomic E-state index is 0.103. The molecular formula is C24H20F5N3O2. The first-order chi connectivity index (χ1) is 15.9. The number of amides is 2. The van der Waals surface area contributed by atoms with E-state index in [0.29, 0.717) is 5.69 Å². The Balaban J connectivity index is 1.87. The highest BCUT2D eigenvalue weighted by molar-refractivity contribution is 6.00. The molecule has 0 aliphatic rings. The van der Waals surface area contributed by atoms with Crippen molar-refractivity contribution in [1.29, 1.82) is 0 Å². The zero-order chi connectivity index (χ0) is 25.2. The molecule has 0 bridgehead atoms. The Morgan fingerprint density at radius 2 is 1.18 bits per heavy atom. The first-order valence-corrected chi connectivity index (χ1v) is 10.0. The van der Waals surface area contributed by atoms with Gasteiger partial charge in [0.25, 0.3) is 11.8 Å². The molecule has 3 aromatic carbocycles. The molecule has 0 aliphatic heterocycles. The highest BCUT2D eigenvalue weighted by Crippen LogP contribution is 2.24. The molecule has 0 saturated heterocycles. The molecule has 0 heterocycles. The molecule has 3 rings (SSSR count). The summed E-state index contributed by atoms with van der Waals surface area (Å²) in [4.78, 5) is 25.6. The van der Waals surface area contributed by atoms with Crippen LogP contribution in [0.2, 0.25) is 0 Å². The number of para-hydroxylation sites is 1. The first-order valence-electron chi connectivity index (χ1n) is 10.0. The number of hydrogen-bond acceptors (Lipinski definition) is 3. The number of carbonyl (C=O) groups is 2. The topological polar surface area (TPSA) is 61.4 Å². The largest absolute Gasteiger partial charge is 0.356 e. The zero-order valence-electron chi connectivity index (χ0n) is 18.3. The van der Waals surface area contributed by atoms with Gasteiger partial charge in [-0.15, -0.1) is 0 Å². The molecule has 5 nitrogen and oxygen atoms in total. The number of rotatable bonds is 4. The maximum Gasteiger partial charge on any atom is 0.276 e. The molecule has 10 heteroatoms. The normalized spacial score (nSPS) is 11.2. The van der Waals surface area contributed by atoms with Gasteiger partial charge in [-0.1, -0.05) is 18.2 Å². The number of nitrogens with zero attached hydrogens (tertiary/aromatic N) is 1. The third-order valence-corrected chi connectivity index (χ3v) is 4.72. The summed E-state index contributed by atoms with van der Waals surface area (Å²) in [6.45, 7) is 4.53. The van der Waals surface area contributed by atoms with E-state index in [1.54, 1.807) is 12.1 Å². The molecule has 178 valence electrons. The van der Waals surface area contributed by atoms with Crippen LogP contribution in [0.5, 0.6) is 0 Å². The maximum absolute atomic E-state index is 14.1. The molecule has 0 fully saturated rings. The number of benzene rings is 3. The number of halogens is 5. The fourth-order valence-corrected chi connectivity index (χ4v) is 3.00. The van der Waals surface area contributed by atoms with E-state index in [-0.39, 0.29) is 5.56 Å². The molecular weight excluding hydrogens is 457 g/mol. The third-order valence-electron chi connectivity index (χ3n) is 4.72. The SMILES string of the molecule is CC(C)(C)N(NC(=O)c1c(F)c(F)c(F)c(F)c1F)C(=O)c1ccc(Nc2ccccc2)cc1. The van der Waals surface area contributed by atoms with E-state index in [1.165, 1.54) is 32.9 Å². The van der Waals surface area contributed by atoms with Crippen molar-refractivity contribution in [3.63, 3.8) is 0 Å². The minimum atomic E-state index is -2.39. The second-order valence-corrected chi connectivity index (χ2v) is 8.27. The highest BCUT2D eigenvalue weighted by atomic mass is 19.2. The number of nitrogens with one attached hydrogen (secondary N) is 2. The van der Waals surface area contributed by atoms with Crippen molar-refractivity contribution < 1.29 is 31.5 Å². The smallest absolute Gasteiger partial charge is 0.276 e. The van der Waals surface area contributed by atoms with Gasteiger partial charge in [0.05, 0.1) is 5.54 Å².